The van der Waals surface area contributed by atoms with E-state index in [0.29, 0.717) is 37.4 Å². The van der Waals surface area contributed by atoms with Gasteiger partial charge in [0.25, 0.3) is 5.91 Å². The van der Waals surface area contributed by atoms with Crippen molar-refractivity contribution in [2.24, 2.45) is 0 Å². The smallest absolute Gasteiger partial charge is 0.251 e. The molecule has 0 saturated carbocycles. The van der Waals surface area contributed by atoms with Crippen molar-refractivity contribution in [3.8, 4) is 18.1 Å². The molecule has 6 nitrogen and oxygen atoms in total. The lowest BCUT2D eigenvalue weighted by Crippen LogP contribution is -2.29. The van der Waals surface area contributed by atoms with Gasteiger partial charge < -0.3 is 10.1 Å². The SMILES string of the molecule is C#CCOc1ccc(CCNC(=O)c2cccc(S(=O)(=O)N3CCCC3)c2)cc1. The molecule has 2 aromatic carbocycles. The minimum Gasteiger partial charge on any atom is -0.481 e. The molecule has 0 aliphatic carbocycles. The summed E-state index contributed by atoms with van der Waals surface area (Å²) in [6, 6.07) is 13.7. The zero-order chi connectivity index (χ0) is 20.7. The number of hydrogen-bond acceptors (Lipinski definition) is 4. The van der Waals surface area contributed by atoms with Gasteiger partial charge in [-0.1, -0.05) is 24.1 Å². The van der Waals surface area contributed by atoms with Crippen molar-refractivity contribution in [2.75, 3.05) is 26.2 Å². The van der Waals surface area contributed by atoms with Crippen molar-refractivity contribution < 1.29 is 17.9 Å². The maximum Gasteiger partial charge on any atom is 0.251 e. The molecular formula is C22H24N2O4S. The van der Waals surface area contributed by atoms with Crippen LogP contribution in [0.1, 0.15) is 28.8 Å². The van der Waals surface area contributed by atoms with Crippen LogP contribution < -0.4 is 10.1 Å². The summed E-state index contributed by atoms with van der Waals surface area (Å²) in [6.45, 7) is 1.73. The van der Waals surface area contributed by atoms with Crippen LogP contribution in [0.2, 0.25) is 0 Å². The topological polar surface area (TPSA) is 75.7 Å². The Hall–Kier alpha value is -2.82. The highest BCUT2D eigenvalue weighted by Crippen LogP contribution is 2.21. The molecule has 1 fully saturated rings. The van der Waals surface area contributed by atoms with E-state index in [9.17, 15) is 13.2 Å². The van der Waals surface area contributed by atoms with E-state index < -0.39 is 10.0 Å². The first-order chi connectivity index (χ1) is 14.0. The summed E-state index contributed by atoms with van der Waals surface area (Å²) in [4.78, 5) is 12.6. The molecule has 0 radical (unpaired) electrons. The van der Waals surface area contributed by atoms with Gasteiger partial charge in [-0.3, -0.25) is 4.79 Å². The molecular weight excluding hydrogens is 388 g/mol. The third-order valence-corrected chi connectivity index (χ3v) is 6.64. The lowest BCUT2D eigenvalue weighted by atomic mass is 10.1. The second kappa shape index (κ2) is 9.59. The highest BCUT2D eigenvalue weighted by Gasteiger charge is 2.27. The van der Waals surface area contributed by atoms with Gasteiger partial charge in [-0.05, 0) is 55.2 Å². The molecule has 1 N–H and O–H groups in total. The monoisotopic (exact) mass is 412 g/mol. The molecule has 7 heteroatoms. The number of carbonyl (C=O) groups excluding carboxylic acids is 1. The number of carbonyl (C=O) groups is 1. The van der Waals surface area contributed by atoms with Gasteiger partial charge >= 0.3 is 0 Å². The van der Waals surface area contributed by atoms with E-state index in [1.807, 2.05) is 24.3 Å². The molecule has 0 unspecified atom stereocenters. The first-order valence-electron chi connectivity index (χ1n) is 9.54. The van der Waals surface area contributed by atoms with Gasteiger partial charge in [0, 0.05) is 25.2 Å². The number of rotatable bonds is 8. The van der Waals surface area contributed by atoms with Gasteiger partial charge in [0.1, 0.15) is 12.4 Å². The first-order valence-corrected chi connectivity index (χ1v) is 11.0. The van der Waals surface area contributed by atoms with Crippen LogP contribution in [0.5, 0.6) is 5.75 Å². The summed E-state index contributed by atoms with van der Waals surface area (Å²) in [5.74, 6) is 2.82. The molecule has 1 heterocycles. The number of amides is 1. The second-order valence-corrected chi connectivity index (χ2v) is 8.72. The lowest BCUT2D eigenvalue weighted by Gasteiger charge is -2.16. The number of benzene rings is 2. The van der Waals surface area contributed by atoms with Gasteiger partial charge in [0.15, 0.2) is 0 Å². The number of ether oxygens (including phenoxy) is 1. The van der Waals surface area contributed by atoms with Crippen molar-refractivity contribution in [3.05, 3.63) is 59.7 Å². The fourth-order valence-electron chi connectivity index (χ4n) is 3.18. The Bertz CT molecular complexity index is 988. The average Bonchev–Trinajstić information content (AvgIpc) is 3.29. The van der Waals surface area contributed by atoms with Crippen LogP contribution in [0, 0.1) is 12.3 Å². The summed E-state index contributed by atoms with van der Waals surface area (Å²) in [5, 5.41) is 2.84. The number of hydrogen-bond donors (Lipinski definition) is 1. The normalized spacial score (nSPS) is 14.3. The van der Waals surface area contributed by atoms with Crippen molar-refractivity contribution >= 4 is 15.9 Å². The number of nitrogens with one attached hydrogen (secondary N) is 1. The Balaban J connectivity index is 1.56. The lowest BCUT2D eigenvalue weighted by molar-refractivity contribution is 0.0954. The van der Waals surface area contributed by atoms with Crippen LogP contribution in [-0.4, -0.2) is 44.9 Å². The highest BCUT2D eigenvalue weighted by atomic mass is 32.2. The molecule has 1 aliphatic heterocycles. The zero-order valence-corrected chi connectivity index (χ0v) is 17.0. The van der Waals surface area contributed by atoms with E-state index in [1.54, 1.807) is 12.1 Å². The fraction of sp³-hybridized carbons (Fsp3) is 0.318. The van der Waals surface area contributed by atoms with Crippen molar-refractivity contribution in [1.82, 2.24) is 9.62 Å². The molecule has 0 bridgehead atoms. The maximum atomic E-state index is 12.7. The summed E-state index contributed by atoms with van der Waals surface area (Å²) in [5.41, 5.74) is 1.38. The minimum absolute atomic E-state index is 0.162. The standard InChI is InChI=1S/C22H24N2O4S/c1-2-16-28-20-10-8-18(9-11-20)12-13-23-22(25)19-6-5-7-21(17-19)29(26,27)24-14-3-4-15-24/h1,5-11,17H,3-4,12-16H2,(H,23,25). The number of nitrogens with zero attached hydrogens (tertiary/aromatic N) is 1. The van der Waals surface area contributed by atoms with Crippen LogP contribution in [0.15, 0.2) is 53.4 Å². The Morgan fingerprint density at radius 2 is 1.86 bits per heavy atom. The second-order valence-electron chi connectivity index (χ2n) is 6.78. The van der Waals surface area contributed by atoms with E-state index in [4.69, 9.17) is 11.2 Å². The number of sulfonamides is 1. The van der Waals surface area contributed by atoms with E-state index >= 15 is 0 Å². The summed E-state index contributed by atoms with van der Waals surface area (Å²) >= 11 is 0. The number of terminal acetylenes is 1. The zero-order valence-electron chi connectivity index (χ0n) is 16.1. The highest BCUT2D eigenvalue weighted by molar-refractivity contribution is 7.89. The molecule has 1 aliphatic rings. The molecule has 152 valence electrons. The molecule has 1 saturated heterocycles. The molecule has 1 amide bonds. The predicted molar refractivity (Wildman–Crippen MR) is 111 cm³/mol. The van der Waals surface area contributed by atoms with Crippen molar-refractivity contribution in [3.63, 3.8) is 0 Å². The molecule has 0 aromatic heterocycles. The van der Waals surface area contributed by atoms with E-state index in [0.717, 1.165) is 18.4 Å². The van der Waals surface area contributed by atoms with E-state index in [-0.39, 0.29) is 17.4 Å². The van der Waals surface area contributed by atoms with Gasteiger partial charge in [-0.2, -0.15) is 4.31 Å². The molecule has 3 rings (SSSR count). The van der Waals surface area contributed by atoms with Crippen LogP contribution in [-0.2, 0) is 16.4 Å². The molecule has 29 heavy (non-hydrogen) atoms. The fourth-order valence-corrected chi connectivity index (χ4v) is 4.74. The Kier molecular flexibility index (Phi) is 6.91. The van der Waals surface area contributed by atoms with Gasteiger partial charge in [0.05, 0.1) is 4.90 Å². The minimum atomic E-state index is -3.54. The van der Waals surface area contributed by atoms with Gasteiger partial charge in [0.2, 0.25) is 10.0 Å². The van der Waals surface area contributed by atoms with Gasteiger partial charge in [-0.15, -0.1) is 6.42 Å². The first kappa shape index (κ1) is 20.9. The summed E-state index contributed by atoms with van der Waals surface area (Å²) in [6.07, 6.45) is 7.55. The van der Waals surface area contributed by atoms with Crippen LogP contribution in [0.4, 0.5) is 0 Å². The Morgan fingerprint density at radius 1 is 1.14 bits per heavy atom. The van der Waals surface area contributed by atoms with E-state index in [1.165, 1.54) is 16.4 Å². The maximum absolute atomic E-state index is 12.7. The van der Waals surface area contributed by atoms with Gasteiger partial charge in [-0.25, -0.2) is 8.42 Å². The van der Waals surface area contributed by atoms with Crippen LogP contribution in [0.25, 0.3) is 0 Å². The quantitative estimate of drug-likeness (QED) is 0.676. The van der Waals surface area contributed by atoms with Crippen molar-refractivity contribution in [1.29, 1.82) is 0 Å². The summed E-state index contributed by atoms with van der Waals surface area (Å²) < 4.78 is 32.2. The molecule has 0 atom stereocenters. The third kappa shape index (κ3) is 5.37. The largest absolute Gasteiger partial charge is 0.481 e. The van der Waals surface area contributed by atoms with E-state index in [2.05, 4.69) is 11.2 Å². The molecule has 2 aromatic rings. The van der Waals surface area contributed by atoms with Crippen LogP contribution in [0.3, 0.4) is 0 Å². The van der Waals surface area contributed by atoms with Crippen molar-refractivity contribution in [2.45, 2.75) is 24.2 Å². The Labute approximate surface area is 171 Å². The predicted octanol–water partition coefficient (Wildman–Crippen LogP) is 2.46. The van der Waals surface area contributed by atoms with Crippen LogP contribution >= 0.6 is 0 Å². The summed E-state index contributed by atoms with van der Waals surface area (Å²) in [7, 11) is -3.54. The Morgan fingerprint density at radius 3 is 2.55 bits per heavy atom. The molecule has 0 spiro atoms. The average molecular weight is 413 g/mol. The third-order valence-electron chi connectivity index (χ3n) is 4.74.